The van der Waals surface area contributed by atoms with Crippen LogP contribution in [0.5, 0.6) is 0 Å². The first-order valence-electron chi connectivity index (χ1n) is 15.6. The molecule has 1 fully saturated rings. The smallest absolute Gasteiger partial charge is 0.314 e. The number of nitrogens with one attached hydrogen (secondary N) is 1. The number of ether oxygens (including phenoxy) is 1. The molecular weight excluding hydrogens is 540 g/mol. The second-order valence-electron chi connectivity index (χ2n) is 11.9. The molecule has 9 heteroatoms. The molecule has 1 atom stereocenters. The van der Waals surface area contributed by atoms with Gasteiger partial charge in [-0.15, -0.1) is 5.10 Å². The molecule has 0 radical (unpaired) electrons. The molecule has 1 unspecified atom stereocenters. The summed E-state index contributed by atoms with van der Waals surface area (Å²) in [4.78, 5) is 28.1. The maximum Gasteiger partial charge on any atom is 0.314 e. The van der Waals surface area contributed by atoms with Crippen LogP contribution in [-0.4, -0.2) is 42.6 Å². The lowest BCUT2D eigenvalue weighted by Crippen LogP contribution is -2.48. The van der Waals surface area contributed by atoms with E-state index in [4.69, 9.17) is 4.74 Å². The lowest BCUT2D eigenvalue weighted by atomic mass is 9.66. The van der Waals surface area contributed by atoms with Crippen molar-refractivity contribution in [2.24, 2.45) is 5.41 Å². The molecule has 1 N–H and O–H groups in total. The predicted molar refractivity (Wildman–Crippen MR) is 165 cm³/mol. The highest BCUT2D eigenvalue weighted by Gasteiger charge is 2.51. The van der Waals surface area contributed by atoms with Crippen LogP contribution in [0.4, 0.5) is 0 Å². The van der Waals surface area contributed by atoms with E-state index < -0.39 is 5.41 Å². The van der Waals surface area contributed by atoms with Crippen LogP contribution in [-0.2, 0) is 28.9 Å². The topological polar surface area (TPSA) is 108 Å². The minimum Gasteiger partial charge on any atom is -0.465 e. The van der Waals surface area contributed by atoms with Gasteiger partial charge in [0.1, 0.15) is 0 Å². The van der Waals surface area contributed by atoms with E-state index in [0.29, 0.717) is 25.4 Å². The minimum absolute atomic E-state index is 0.0161. The second kappa shape index (κ2) is 12.1. The van der Waals surface area contributed by atoms with Crippen LogP contribution in [0.2, 0.25) is 0 Å². The second-order valence-corrected chi connectivity index (χ2v) is 11.9. The summed E-state index contributed by atoms with van der Waals surface area (Å²) in [5.74, 6) is 0.456. The molecular formula is C34H40N6O3. The first-order valence-corrected chi connectivity index (χ1v) is 15.6. The Kier molecular flexibility index (Phi) is 8.15. The molecule has 0 amide bonds. The zero-order valence-corrected chi connectivity index (χ0v) is 25.3. The summed E-state index contributed by atoms with van der Waals surface area (Å²) in [5.41, 5.74) is 6.35. The van der Waals surface area contributed by atoms with Crippen molar-refractivity contribution in [3.05, 3.63) is 87.4 Å². The largest absolute Gasteiger partial charge is 0.465 e. The summed E-state index contributed by atoms with van der Waals surface area (Å²) < 4.78 is 9.78. The van der Waals surface area contributed by atoms with E-state index in [0.717, 1.165) is 84.0 Å². The van der Waals surface area contributed by atoms with E-state index in [-0.39, 0.29) is 17.6 Å². The van der Waals surface area contributed by atoms with Crippen molar-refractivity contribution in [1.29, 1.82) is 0 Å². The highest BCUT2D eigenvalue weighted by molar-refractivity contribution is 5.80. The van der Waals surface area contributed by atoms with Crippen molar-refractivity contribution in [2.45, 2.75) is 84.7 Å². The molecule has 2 aromatic carbocycles. The monoisotopic (exact) mass is 580 g/mol. The van der Waals surface area contributed by atoms with Gasteiger partial charge in [-0.25, -0.2) is 9.78 Å². The molecule has 2 aromatic heterocycles. The van der Waals surface area contributed by atoms with Gasteiger partial charge in [0.15, 0.2) is 5.82 Å². The van der Waals surface area contributed by atoms with Crippen LogP contribution in [0.15, 0.2) is 65.0 Å². The third-order valence-electron chi connectivity index (χ3n) is 9.26. The van der Waals surface area contributed by atoms with E-state index >= 15 is 0 Å². The number of nitrogens with zero attached hydrogens (tertiary/aromatic N) is 5. The molecule has 43 heavy (non-hydrogen) atoms. The summed E-state index contributed by atoms with van der Waals surface area (Å²) in [5, 5.41) is 14.4. The molecule has 0 spiro atoms. The fraction of sp³-hybridized carbons (Fsp3) is 0.441. The Morgan fingerprint density at radius 2 is 1.79 bits per heavy atom. The van der Waals surface area contributed by atoms with Gasteiger partial charge < -0.3 is 4.74 Å². The number of carbonyl (C=O) groups is 1. The Bertz CT molecular complexity index is 1670. The molecule has 6 rings (SSSR count). The van der Waals surface area contributed by atoms with Crippen molar-refractivity contribution in [2.75, 3.05) is 6.61 Å². The van der Waals surface area contributed by atoms with Gasteiger partial charge in [-0.2, -0.15) is 0 Å². The molecule has 1 aliphatic carbocycles. The quantitative estimate of drug-likeness (QED) is 0.191. The van der Waals surface area contributed by atoms with Crippen LogP contribution in [0.3, 0.4) is 0 Å². The fourth-order valence-electron chi connectivity index (χ4n) is 7.28. The highest BCUT2D eigenvalue weighted by atomic mass is 16.5. The molecule has 2 aliphatic rings. The van der Waals surface area contributed by atoms with Crippen LogP contribution >= 0.6 is 0 Å². The first-order chi connectivity index (χ1) is 21.0. The average Bonchev–Trinajstić information content (AvgIpc) is 3.66. The summed E-state index contributed by atoms with van der Waals surface area (Å²) in [6.45, 7) is 7.07. The van der Waals surface area contributed by atoms with Gasteiger partial charge in [0, 0.05) is 23.2 Å². The molecule has 0 bridgehead atoms. The number of tetrazole rings is 1. The van der Waals surface area contributed by atoms with Crippen molar-refractivity contribution in [3.8, 4) is 22.5 Å². The van der Waals surface area contributed by atoms with Gasteiger partial charge in [-0.05, 0) is 65.8 Å². The first kappa shape index (κ1) is 28.8. The maximum atomic E-state index is 14.4. The van der Waals surface area contributed by atoms with Crippen molar-refractivity contribution in [1.82, 2.24) is 30.0 Å². The number of carbonyl (C=O) groups excluding carboxylic acids is 1. The van der Waals surface area contributed by atoms with Crippen LogP contribution in [0, 0.1) is 5.41 Å². The van der Waals surface area contributed by atoms with E-state index in [1.54, 1.807) is 0 Å². The summed E-state index contributed by atoms with van der Waals surface area (Å²) in [6, 6.07) is 16.1. The van der Waals surface area contributed by atoms with Crippen LogP contribution in [0.1, 0.15) is 82.2 Å². The number of allylic oxidation sites excluding steroid dienone is 2. The van der Waals surface area contributed by atoms with Gasteiger partial charge in [0.25, 0.3) is 5.56 Å². The van der Waals surface area contributed by atoms with Crippen LogP contribution in [0.25, 0.3) is 22.5 Å². The van der Waals surface area contributed by atoms with E-state index in [2.05, 4.69) is 75.6 Å². The van der Waals surface area contributed by atoms with Crippen molar-refractivity contribution >= 4 is 5.97 Å². The predicted octanol–water partition coefficient (Wildman–Crippen LogP) is 6.05. The lowest BCUT2D eigenvalue weighted by Gasteiger charge is -2.44. The Morgan fingerprint density at radius 3 is 2.47 bits per heavy atom. The van der Waals surface area contributed by atoms with E-state index in [1.807, 2.05) is 29.8 Å². The summed E-state index contributed by atoms with van der Waals surface area (Å²) in [6.07, 6.45) is 9.00. The minimum atomic E-state index is -0.718. The number of benzene rings is 2. The van der Waals surface area contributed by atoms with Gasteiger partial charge >= 0.3 is 5.97 Å². The number of hydrogen-bond acceptors (Lipinski definition) is 6. The average molecular weight is 581 g/mol. The number of esters is 1. The Balaban J connectivity index is 1.38. The fourth-order valence-corrected chi connectivity index (χ4v) is 7.28. The van der Waals surface area contributed by atoms with Crippen molar-refractivity contribution < 1.29 is 9.53 Å². The molecule has 1 saturated carbocycles. The molecule has 9 nitrogen and oxygen atoms in total. The SMILES string of the molecule is CCCc1c(Cc2ccc(-c3ccccc3-c3nnn[nH]3)cc2)c(=O)n2n1CC=C(C)C2C1(C(=O)OCC)CCCCC1. The molecule has 224 valence electrons. The third kappa shape index (κ3) is 5.15. The molecule has 4 aromatic rings. The Hall–Kier alpha value is -4.27. The van der Waals surface area contributed by atoms with Gasteiger partial charge in [-0.1, -0.05) is 87.2 Å². The highest BCUT2D eigenvalue weighted by Crippen LogP contribution is 2.50. The summed E-state index contributed by atoms with van der Waals surface area (Å²) >= 11 is 0. The van der Waals surface area contributed by atoms with E-state index in [9.17, 15) is 9.59 Å². The normalized spacial score (nSPS) is 17.7. The number of aromatic amines is 1. The number of hydrogen-bond donors (Lipinski definition) is 1. The number of H-pyrrole nitrogens is 1. The Morgan fingerprint density at radius 1 is 1.05 bits per heavy atom. The van der Waals surface area contributed by atoms with Crippen LogP contribution < -0.4 is 5.56 Å². The number of fused-ring (bicyclic) bond motifs is 1. The molecule has 3 heterocycles. The zero-order chi connectivity index (χ0) is 30.0. The van der Waals surface area contributed by atoms with Gasteiger partial charge in [0.05, 0.1) is 24.6 Å². The lowest BCUT2D eigenvalue weighted by molar-refractivity contribution is -0.161. The van der Waals surface area contributed by atoms with Gasteiger partial charge in [0.2, 0.25) is 0 Å². The standard InChI is InChI=1S/C34H40N6O3/c1-4-11-29-28(22-24-14-16-25(17-15-24)26-12-7-8-13-27(26)31-35-37-38-36-31)32(41)40-30(23(3)18-21-39(29)40)34(33(42)43-5-2)19-9-6-10-20-34/h7-8,12-18,30H,4-6,9-11,19-22H2,1-3H3,(H,35,36,37,38). The number of rotatable bonds is 9. The van der Waals surface area contributed by atoms with Gasteiger partial charge in [-0.3, -0.25) is 14.3 Å². The number of aromatic nitrogens is 6. The third-order valence-corrected chi connectivity index (χ3v) is 9.26. The summed E-state index contributed by atoms with van der Waals surface area (Å²) in [7, 11) is 0. The maximum absolute atomic E-state index is 14.4. The van der Waals surface area contributed by atoms with E-state index in [1.165, 1.54) is 0 Å². The molecule has 0 saturated heterocycles. The zero-order valence-electron chi connectivity index (χ0n) is 25.3. The Labute approximate surface area is 251 Å². The van der Waals surface area contributed by atoms with Crippen molar-refractivity contribution in [3.63, 3.8) is 0 Å². The molecule has 1 aliphatic heterocycles.